The average molecular weight is 444 g/mol. The number of fused-ring (bicyclic) bond motifs is 2. The maximum atomic E-state index is 13.3. The van der Waals surface area contributed by atoms with Crippen LogP contribution in [0, 0.1) is 0 Å². The Morgan fingerprint density at radius 2 is 2.03 bits per heavy atom. The first-order chi connectivity index (χ1) is 14.4. The van der Waals surface area contributed by atoms with Crippen molar-refractivity contribution in [3.63, 3.8) is 0 Å². The van der Waals surface area contributed by atoms with Gasteiger partial charge in [0.25, 0.3) is 5.91 Å². The molecule has 0 spiro atoms. The van der Waals surface area contributed by atoms with Gasteiger partial charge in [-0.15, -0.1) is 11.3 Å². The second kappa shape index (κ2) is 7.08. The van der Waals surface area contributed by atoms with Crippen molar-refractivity contribution in [1.82, 2.24) is 9.62 Å². The molecule has 2 aromatic heterocycles. The van der Waals surface area contributed by atoms with Gasteiger partial charge in [0.2, 0.25) is 15.9 Å². The van der Waals surface area contributed by atoms with E-state index in [0.29, 0.717) is 22.6 Å². The number of amides is 2. The minimum atomic E-state index is -3.70. The number of sulfonamides is 1. The van der Waals surface area contributed by atoms with Gasteiger partial charge in [0.05, 0.1) is 17.5 Å². The van der Waals surface area contributed by atoms with Crippen molar-refractivity contribution in [3.05, 3.63) is 59.7 Å². The Hall–Kier alpha value is -2.95. The van der Waals surface area contributed by atoms with Crippen LogP contribution < -0.4 is 10.0 Å². The van der Waals surface area contributed by atoms with E-state index in [4.69, 9.17) is 4.42 Å². The lowest BCUT2D eigenvalue weighted by molar-refractivity contribution is -0.119. The summed E-state index contributed by atoms with van der Waals surface area (Å²) in [7, 11) is -3.70. The highest BCUT2D eigenvalue weighted by Crippen LogP contribution is 2.32. The Morgan fingerprint density at radius 3 is 2.77 bits per heavy atom. The Balaban J connectivity index is 1.43. The molecule has 30 heavy (non-hydrogen) atoms. The Morgan fingerprint density at radius 1 is 1.17 bits per heavy atom. The fraction of sp³-hybridized carbons (Fsp3) is 0.200. The first-order valence-electron chi connectivity index (χ1n) is 9.28. The van der Waals surface area contributed by atoms with Crippen molar-refractivity contribution < 1.29 is 22.4 Å². The van der Waals surface area contributed by atoms with Crippen LogP contribution >= 0.6 is 11.3 Å². The maximum absolute atomic E-state index is 13.3. The van der Waals surface area contributed by atoms with Crippen molar-refractivity contribution >= 4 is 38.9 Å². The molecule has 154 valence electrons. The summed E-state index contributed by atoms with van der Waals surface area (Å²) in [6.45, 7) is 0.117. The molecule has 4 heterocycles. The van der Waals surface area contributed by atoms with Crippen LogP contribution in [-0.2, 0) is 14.8 Å². The molecule has 1 saturated heterocycles. The third kappa shape index (κ3) is 3.22. The van der Waals surface area contributed by atoms with Gasteiger partial charge in [0, 0.05) is 18.2 Å². The molecule has 8 nitrogen and oxygen atoms in total. The fourth-order valence-electron chi connectivity index (χ4n) is 3.89. The number of benzene rings is 1. The summed E-state index contributed by atoms with van der Waals surface area (Å²) in [5.74, 6) is -0.0361. The summed E-state index contributed by atoms with van der Waals surface area (Å²) in [6, 6.07) is 10.6. The molecule has 0 bridgehead atoms. The van der Waals surface area contributed by atoms with Crippen LogP contribution in [-0.4, -0.2) is 43.8 Å². The third-order valence-electron chi connectivity index (χ3n) is 5.26. The minimum Gasteiger partial charge on any atom is -0.464 e. The molecule has 3 aromatic rings. The number of nitrogens with zero attached hydrogens (tertiary/aromatic N) is 1. The van der Waals surface area contributed by atoms with Crippen molar-refractivity contribution in [2.45, 2.75) is 22.7 Å². The molecule has 0 saturated carbocycles. The molecule has 2 N–H and O–H groups in total. The van der Waals surface area contributed by atoms with Gasteiger partial charge in [-0.25, -0.2) is 13.1 Å². The maximum Gasteiger partial charge on any atom is 0.256 e. The van der Waals surface area contributed by atoms with E-state index in [2.05, 4.69) is 10.0 Å². The lowest BCUT2D eigenvalue weighted by Gasteiger charge is -2.20. The monoisotopic (exact) mass is 443 g/mol. The molecule has 2 aliphatic heterocycles. The zero-order valence-corrected chi connectivity index (χ0v) is 17.2. The number of anilines is 1. The lowest BCUT2D eigenvalue weighted by atomic mass is 10.1. The number of nitrogens with one attached hydrogen (secondary N) is 2. The highest BCUT2D eigenvalue weighted by Gasteiger charge is 2.44. The third-order valence-corrected chi connectivity index (χ3v) is 8.18. The molecular weight excluding hydrogens is 426 g/mol. The van der Waals surface area contributed by atoms with Gasteiger partial charge in [-0.1, -0.05) is 6.07 Å². The minimum absolute atomic E-state index is 0.117. The molecule has 1 aromatic carbocycles. The molecule has 2 unspecified atom stereocenters. The largest absolute Gasteiger partial charge is 0.464 e. The smallest absolute Gasteiger partial charge is 0.256 e. The van der Waals surface area contributed by atoms with Gasteiger partial charge in [-0.2, -0.15) is 0 Å². The average Bonchev–Trinajstić information content (AvgIpc) is 3.47. The highest BCUT2D eigenvalue weighted by atomic mass is 32.2. The summed E-state index contributed by atoms with van der Waals surface area (Å²) >= 11 is 1.11. The second-order valence-electron chi connectivity index (χ2n) is 7.19. The van der Waals surface area contributed by atoms with Crippen LogP contribution in [0.25, 0.3) is 11.3 Å². The van der Waals surface area contributed by atoms with Crippen molar-refractivity contribution in [2.75, 3.05) is 11.9 Å². The number of thiophene rings is 1. The number of rotatable bonds is 4. The van der Waals surface area contributed by atoms with Crippen LogP contribution in [0.4, 0.5) is 5.69 Å². The molecule has 0 radical (unpaired) electrons. The first kappa shape index (κ1) is 19.0. The lowest BCUT2D eigenvalue weighted by Crippen LogP contribution is -2.41. The standard InChI is InChI=1S/C20H17N3O5S2/c24-19-16-10-13(22-30(26,27)18-4-2-8-29-18)11-23(16)20(25)14-9-12(5-6-15(14)21-19)17-3-1-7-28-17/h1-9,13,16,22H,10-11H2,(H,21,24). The predicted molar refractivity (Wildman–Crippen MR) is 111 cm³/mol. The van der Waals surface area contributed by atoms with E-state index < -0.39 is 22.1 Å². The summed E-state index contributed by atoms with van der Waals surface area (Å²) < 4.78 is 33.3. The summed E-state index contributed by atoms with van der Waals surface area (Å²) in [4.78, 5) is 27.5. The highest BCUT2D eigenvalue weighted by molar-refractivity contribution is 7.91. The summed E-state index contributed by atoms with van der Waals surface area (Å²) in [5.41, 5.74) is 1.50. The molecule has 1 fully saturated rings. The molecule has 2 aliphatic rings. The van der Waals surface area contributed by atoms with Crippen LogP contribution in [0.5, 0.6) is 0 Å². The van der Waals surface area contributed by atoms with Gasteiger partial charge < -0.3 is 14.6 Å². The van der Waals surface area contributed by atoms with Gasteiger partial charge >= 0.3 is 0 Å². The number of carbonyl (C=O) groups is 2. The quantitative estimate of drug-likeness (QED) is 0.644. The van der Waals surface area contributed by atoms with Crippen LogP contribution in [0.3, 0.4) is 0 Å². The molecule has 2 amide bonds. The van der Waals surface area contributed by atoms with E-state index in [-0.39, 0.29) is 29.0 Å². The van der Waals surface area contributed by atoms with Gasteiger partial charge in [-0.05, 0) is 48.2 Å². The van der Waals surface area contributed by atoms with Crippen LogP contribution in [0.2, 0.25) is 0 Å². The normalized spacial score (nSPS) is 21.1. The SMILES string of the molecule is O=C1Nc2ccc(-c3ccco3)cc2C(=O)N2CC(NS(=O)(=O)c3cccs3)CC12. The second-order valence-corrected chi connectivity index (χ2v) is 10.1. The number of carbonyl (C=O) groups excluding carboxylic acids is 2. The van der Waals surface area contributed by atoms with Gasteiger partial charge in [0.1, 0.15) is 16.0 Å². The fourth-order valence-corrected chi connectivity index (χ4v) is 6.13. The molecular formula is C20H17N3O5S2. The number of hydrogen-bond acceptors (Lipinski definition) is 6. The Kier molecular flexibility index (Phi) is 4.49. The number of hydrogen-bond donors (Lipinski definition) is 2. The number of furan rings is 1. The topological polar surface area (TPSA) is 109 Å². The molecule has 5 rings (SSSR count). The Labute approximate surface area is 176 Å². The first-order valence-corrected chi connectivity index (χ1v) is 11.6. The van der Waals surface area contributed by atoms with Crippen molar-refractivity contribution in [1.29, 1.82) is 0 Å². The summed E-state index contributed by atoms with van der Waals surface area (Å²) in [5, 5.41) is 4.48. The zero-order valence-electron chi connectivity index (χ0n) is 15.6. The predicted octanol–water partition coefficient (Wildman–Crippen LogP) is 2.52. The molecule has 0 aliphatic carbocycles. The van der Waals surface area contributed by atoms with Crippen LogP contribution in [0.15, 0.2) is 62.7 Å². The molecule has 10 heteroatoms. The Bertz CT molecular complexity index is 1220. The van der Waals surface area contributed by atoms with E-state index in [9.17, 15) is 18.0 Å². The van der Waals surface area contributed by atoms with Crippen molar-refractivity contribution in [3.8, 4) is 11.3 Å². The zero-order chi connectivity index (χ0) is 20.9. The van der Waals surface area contributed by atoms with Gasteiger partial charge in [0.15, 0.2) is 0 Å². The van der Waals surface area contributed by atoms with Crippen LogP contribution in [0.1, 0.15) is 16.8 Å². The van der Waals surface area contributed by atoms with E-state index in [1.165, 1.54) is 11.0 Å². The molecule has 2 atom stereocenters. The van der Waals surface area contributed by atoms with E-state index in [1.54, 1.807) is 48.0 Å². The van der Waals surface area contributed by atoms with E-state index in [0.717, 1.165) is 11.3 Å². The summed E-state index contributed by atoms with van der Waals surface area (Å²) in [6.07, 6.45) is 1.76. The van der Waals surface area contributed by atoms with E-state index in [1.807, 2.05) is 0 Å². The van der Waals surface area contributed by atoms with E-state index >= 15 is 0 Å². The van der Waals surface area contributed by atoms with Gasteiger partial charge in [-0.3, -0.25) is 9.59 Å². The van der Waals surface area contributed by atoms with Crippen molar-refractivity contribution in [2.24, 2.45) is 0 Å².